The van der Waals surface area contributed by atoms with Gasteiger partial charge >= 0.3 is 15.6 Å². The summed E-state index contributed by atoms with van der Waals surface area (Å²) < 4.78 is 32.8. The maximum absolute atomic E-state index is 11.5. The lowest BCUT2D eigenvalue weighted by Crippen LogP contribution is -2.05. The Kier molecular flexibility index (Phi) is 5.82. The Morgan fingerprint density at radius 2 is 1.26 bits per heavy atom. The monoisotopic (exact) mass is 310 g/mol. The smallest absolute Gasteiger partial charge is 0.351 e. The van der Waals surface area contributed by atoms with Crippen LogP contribution in [0.25, 0.3) is 0 Å². The molecule has 108 valence electrons. The van der Waals surface area contributed by atoms with E-state index in [9.17, 15) is 19.3 Å². The second-order valence-corrected chi connectivity index (χ2v) is 8.68. The Labute approximate surface area is 114 Å². The van der Waals surface area contributed by atoms with E-state index < -0.39 is 27.3 Å². The highest BCUT2D eigenvalue weighted by Crippen LogP contribution is 2.43. The molecule has 6 atom stereocenters. The minimum Gasteiger partial charge on any atom is -0.351 e. The Hall–Kier alpha value is 0.0400. The fourth-order valence-corrected chi connectivity index (χ4v) is 4.25. The molecule has 2 aliphatic rings. The molecule has 2 N–H and O–H groups in total. The molecule has 8 heteroatoms. The molecular formula is C11H20O6P2+2. The van der Waals surface area contributed by atoms with Gasteiger partial charge in [0.1, 0.15) is 13.2 Å². The first kappa shape index (κ1) is 15.4. The van der Waals surface area contributed by atoms with Crippen LogP contribution in [0.3, 0.4) is 0 Å². The van der Waals surface area contributed by atoms with Gasteiger partial charge in [-0.2, -0.15) is 0 Å². The van der Waals surface area contributed by atoms with Crippen LogP contribution in [0.15, 0.2) is 0 Å². The van der Waals surface area contributed by atoms with Crippen molar-refractivity contribution in [1.29, 1.82) is 0 Å². The zero-order valence-electron chi connectivity index (χ0n) is 10.7. The Morgan fingerprint density at radius 1 is 0.895 bits per heavy atom. The molecule has 2 heterocycles. The maximum atomic E-state index is 11.5. The number of ether oxygens (including phenoxy) is 2. The number of aliphatic hydroxyl groups is 2. The van der Waals surface area contributed by atoms with Gasteiger partial charge in [0.05, 0.1) is 0 Å². The van der Waals surface area contributed by atoms with E-state index in [1.807, 2.05) is 0 Å². The summed E-state index contributed by atoms with van der Waals surface area (Å²) in [4.78, 5) is 0. The summed E-state index contributed by atoms with van der Waals surface area (Å²) in [6.07, 6.45) is 3.29. The van der Waals surface area contributed by atoms with Crippen LogP contribution in [0.4, 0.5) is 0 Å². The van der Waals surface area contributed by atoms with Gasteiger partial charge in [0.25, 0.3) is 23.4 Å². The predicted octanol–water partition coefficient (Wildman–Crippen LogP) is 1.94. The summed E-state index contributed by atoms with van der Waals surface area (Å²) in [6.45, 7) is 0.990. The molecule has 2 fully saturated rings. The topological polar surface area (TPSA) is 99.7 Å². The number of rotatable bonds is 10. The molecule has 6 unspecified atom stereocenters. The van der Waals surface area contributed by atoms with Crippen molar-refractivity contribution < 1.29 is 28.8 Å². The highest BCUT2D eigenvalue weighted by Gasteiger charge is 2.48. The molecule has 2 saturated heterocycles. The Balaban J connectivity index is 1.49. The number of hydrogen-bond donors (Lipinski definition) is 2. The van der Waals surface area contributed by atoms with Crippen LogP contribution in [0.1, 0.15) is 32.1 Å². The zero-order valence-corrected chi connectivity index (χ0v) is 12.5. The van der Waals surface area contributed by atoms with Crippen LogP contribution >= 0.6 is 15.6 Å². The molecule has 0 spiro atoms. The van der Waals surface area contributed by atoms with Gasteiger partial charge < -0.3 is 19.7 Å². The molecule has 6 nitrogen and oxygen atoms in total. The second kappa shape index (κ2) is 7.16. The predicted molar refractivity (Wildman–Crippen MR) is 69.8 cm³/mol. The third kappa shape index (κ3) is 5.14. The fourth-order valence-electron chi connectivity index (χ4n) is 1.85. The molecular weight excluding hydrogens is 290 g/mol. The van der Waals surface area contributed by atoms with Gasteiger partial charge in [-0.1, -0.05) is 15.6 Å². The molecule has 2 aliphatic heterocycles. The van der Waals surface area contributed by atoms with Crippen LogP contribution < -0.4 is 0 Å². The standard InChI is InChI=1S/C11H20O6P2/c12-8(18(14)10-6-16-10)4-2-1-3-5-9(13)19(15)11-7-17-11/h8-13H,1-7H2/q+2. The minimum atomic E-state index is -1.66. The SMILES string of the molecule is O=[P+](C(O)CCCCCC(O)[P+](=O)C1CO1)C1CO1. The quantitative estimate of drug-likeness (QED) is 0.363. The molecule has 0 aromatic heterocycles. The second-order valence-electron chi connectivity index (χ2n) is 4.89. The summed E-state index contributed by atoms with van der Waals surface area (Å²) in [6, 6.07) is 0. The number of epoxide rings is 2. The van der Waals surface area contributed by atoms with Crippen molar-refractivity contribution in [2.45, 2.75) is 55.5 Å². The molecule has 0 saturated carbocycles. The van der Waals surface area contributed by atoms with Gasteiger partial charge in [0, 0.05) is 12.8 Å². The van der Waals surface area contributed by atoms with Crippen molar-refractivity contribution in [3.8, 4) is 0 Å². The van der Waals surface area contributed by atoms with Crippen molar-refractivity contribution in [2.24, 2.45) is 0 Å². The molecule has 0 aromatic carbocycles. The summed E-state index contributed by atoms with van der Waals surface area (Å²) in [5, 5.41) is 19.3. The summed E-state index contributed by atoms with van der Waals surface area (Å²) in [7, 11) is -3.33. The van der Waals surface area contributed by atoms with Gasteiger partial charge in [-0.25, -0.2) is 0 Å². The normalized spacial score (nSPS) is 29.6. The van der Waals surface area contributed by atoms with E-state index >= 15 is 0 Å². The van der Waals surface area contributed by atoms with E-state index in [1.54, 1.807) is 0 Å². The first-order chi connectivity index (χ1) is 9.09. The van der Waals surface area contributed by atoms with Crippen LogP contribution in [0.5, 0.6) is 0 Å². The van der Waals surface area contributed by atoms with Crippen molar-refractivity contribution in [3.05, 3.63) is 0 Å². The first-order valence-electron chi connectivity index (χ1n) is 6.60. The van der Waals surface area contributed by atoms with E-state index in [1.165, 1.54) is 0 Å². The lowest BCUT2D eigenvalue weighted by molar-refractivity contribution is 0.224. The number of aliphatic hydroxyl groups excluding tert-OH is 2. The lowest BCUT2D eigenvalue weighted by Gasteiger charge is -2.01. The summed E-state index contributed by atoms with van der Waals surface area (Å²) in [5.74, 6) is -2.06. The third-order valence-corrected chi connectivity index (χ3v) is 6.63. The maximum Gasteiger partial charge on any atom is 0.404 e. The highest BCUT2D eigenvalue weighted by atomic mass is 31.1. The largest absolute Gasteiger partial charge is 0.404 e. The van der Waals surface area contributed by atoms with Crippen LogP contribution in [-0.4, -0.2) is 46.8 Å². The van der Waals surface area contributed by atoms with Crippen molar-refractivity contribution >= 4 is 15.6 Å². The fraction of sp³-hybridized carbons (Fsp3) is 1.00. The number of unbranched alkanes of at least 4 members (excludes halogenated alkanes) is 2. The van der Waals surface area contributed by atoms with Gasteiger partial charge in [-0.15, -0.1) is 0 Å². The summed E-state index contributed by atoms with van der Waals surface area (Å²) in [5.41, 5.74) is 0. The number of hydrogen-bond acceptors (Lipinski definition) is 6. The van der Waals surface area contributed by atoms with E-state index in [4.69, 9.17) is 9.47 Å². The van der Waals surface area contributed by atoms with Crippen molar-refractivity contribution in [1.82, 2.24) is 0 Å². The van der Waals surface area contributed by atoms with Crippen LogP contribution in [-0.2, 0) is 18.6 Å². The molecule has 0 bridgehead atoms. The molecule has 0 aliphatic carbocycles. The van der Waals surface area contributed by atoms with Crippen molar-refractivity contribution in [2.75, 3.05) is 13.2 Å². The minimum absolute atomic E-state index is 0.241. The van der Waals surface area contributed by atoms with Crippen LogP contribution in [0.2, 0.25) is 0 Å². The average Bonchev–Trinajstić information content (AvgIpc) is 3.28. The molecule has 0 amide bonds. The van der Waals surface area contributed by atoms with E-state index in [0.29, 0.717) is 26.1 Å². The van der Waals surface area contributed by atoms with E-state index in [-0.39, 0.29) is 11.7 Å². The van der Waals surface area contributed by atoms with Gasteiger partial charge in [-0.05, 0) is 12.8 Å². The highest BCUT2D eigenvalue weighted by molar-refractivity contribution is 7.46. The Morgan fingerprint density at radius 3 is 1.58 bits per heavy atom. The summed E-state index contributed by atoms with van der Waals surface area (Å²) >= 11 is 0. The van der Waals surface area contributed by atoms with Gasteiger partial charge in [0.15, 0.2) is 0 Å². The Bertz CT molecular complexity index is 310. The van der Waals surface area contributed by atoms with Gasteiger partial charge in [0.2, 0.25) is 0 Å². The van der Waals surface area contributed by atoms with Crippen LogP contribution in [0, 0.1) is 0 Å². The zero-order chi connectivity index (χ0) is 13.8. The van der Waals surface area contributed by atoms with Crippen molar-refractivity contribution in [3.63, 3.8) is 0 Å². The van der Waals surface area contributed by atoms with E-state index in [2.05, 4.69) is 0 Å². The molecule has 0 aromatic rings. The molecule has 19 heavy (non-hydrogen) atoms. The molecule has 0 radical (unpaired) electrons. The molecule has 2 rings (SSSR count). The third-order valence-electron chi connectivity index (χ3n) is 3.21. The first-order valence-corrected chi connectivity index (χ1v) is 9.39. The van der Waals surface area contributed by atoms with E-state index in [0.717, 1.165) is 19.3 Å². The van der Waals surface area contributed by atoms with Gasteiger partial charge in [-0.3, -0.25) is 0 Å². The average molecular weight is 310 g/mol. The lowest BCUT2D eigenvalue weighted by atomic mass is 10.1.